The van der Waals surface area contributed by atoms with Crippen LogP contribution in [0.1, 0.15) is 0 Å². The van der Waals surface area contributed by atoms with Crippen LogP contribution >= 0.6 is 0 Å². The summed E-state index contributed by atoms with van der Waals surface area (Å²) in [6.07, 6.45) is 0. The third-order valence-corrected chi connectivity index (χ3v) is 9.45. The number of nitrogens with zero attached hydrogens (tertiary/aromatic N) is 1. The van der Waals surface area contributed by atoms with Gasteiger partial charge < -0.3 is 13.4 Å². The molecule has 220 valence electrons. The van der Waals surface area contributed by atoms with Gasteiger partial charge in [-0.25, -0.2) is 4.79 Å². The van der Waals surface area contributed by atoms with Crippen LogP contribution in [0.2, 0.25) is 0 Å². The molecule has 0 spiro atoms. The predicted molar refractivity (Wildman–Crippen MR) is 192 cm³/mol. The zero-order valence-corrected chi connectivity index (χ0v) is 25.1. The lowest BCUT2D eigenvalue weighted by atomic mass is 9.95. The molecule has 3 heterocycles. The normalized spacial score (nSPS) is 11.9. The zero-order valence-electron chi connectivity index (χ0n) is 25.1. The fourth-order valence-corrected chi connectivity index (χ4v) is 7.40. The number of rotatable bonds is 3. The van der Waals surface area contributed by atoms with Crippen molar-refractivity contribution in [1.29, 1.82) is 0 Å². The second kappa shape index (κ2) is 9.80. The fourth-order valence-electron chi connectivity index (χ4n) is 7.40. The summed E-state index contributed by atoms with van der Waals surface area (Å²) < 4.78 is 14.6. The van der Waals surface area contributed by atoms with Gasteiger partial charge in [0.15, 0.2) is 0 Å². The fraction of sp³-hybridized carbons (Fsp3) is 0. The van der Waals surface area contributed by atoms with E-state index in [1.165, 1.54) is 21.9 Å². The molecule has 4 nitrogen and oxygen atoms in total. The third kappa shape index (κ3) is 3.79. The Morgan fingerprint density at radius 1 is 0.404 bits per heavy atom. The Balaban J connectivity index is 1.21. The first-order valence-electron chi connectivity index (χ1n) is 15.7. The molecule has 47 heavy (non-hydrogen) atoms. The lowest BCUT2D eigenvalue weighted by Crippen LogP contribution is -1.99. The highest BCUT2D eigenvalue weighted by atomic mass is 16.4. The van der Waals surface area contributed by atoms with Crippen molar-refractivity contribution < 1.29 is 8.83 Å². The maximum Gasteiger partial charge on any atom is 0.344 e. The molecule has 0 atom stereocenters. The van der Waals surface area contributed by atoms with Crippen LogP contribution in [0.5, 0.6) is 0 Å². The molecule has 3 aromatic heterocycles. The van der Waals surface area contributed by atoms with E-state index in [0.717, 1.165) is 60.6 Å². The van der Waals surface area contributed by atoms with E-state index in [-0.39, 0.29) is 5.63 Å². The third-order valence-electron chi connectivity index (χ3n) is 9.45. The first-order valence-corrected chi connectivity index (χ1v) is 15.7. The summed E-state index contributed by atoms with van der Waals surface area (Å²) in [6.45, 7) is 0. The number of hydrogen-bond donors (Lipinski definition) is 0. The average molecular weight is 604 g/mol. The van der Waals surface area contributed by atoms with Crippen molar-refractivity contribution in [2.45, 2.75) is 0 Å². The Morgan fingerprint density at radius 3 is 1.96 bits per heavy atom. The molecule has 7 aromatic carbocycles. The highest BCUT2D eigenvalue weighted by molar-refractivity contribution is 6.18. The molecule has 0 bridgehead atoms. The molecular weight excluding hydrogens is 578 g/mol. The minimum atomic E-state index is -0.329. The van der Waals surface area contributed by atoms with Gasteiger partial charge in [0.25, 0.3) is 0 Å². The van der Waals surface area contributed by atoms with Gasteiger partial charge in [-0.3, -0.25) is 0 Å². The van der Waals surface area contributed by atoms with E-state index in [0.29, 0.717) is 11.0 Å². The van der Waals surface area contributed by atoms with Crippen LogP contribution < -0.4 is 5.63 Å². The number of hydrogen-bond acceptors (Lipinski definition) is 3. The van der Waals surface area contributed by atoms with Gasteiger partial charge in [-0.2, -0.15) is 0 Å². The van der Waals surface area contributed by atoms with Gasteiger partial charge in [0.05, 0.1) is 16.4 Å². The maximum atomic E-state index is 12.8. The summed E-state index contributed by atoms with van der Waals surface area (Å²) in [7, 11) is 0. The number of fused-ring (bicyclic) bond motifs is 9. The summed E-state index contributed by atoms with van der Waals surface area (Å²) in [5.41, 5.74) is 9.62. The highest BCUT2D eigenvalue weighted by Gasteiger charge is 2.19. The van der Waals surface area contributed by atoms with Gasteiger partial charge >= 0.3 is 5.63 Å². The molecule has 0 saturated carbocycles. The van der Waals surface area contributed by atoms with Gasteiger partial charge in [-0.05, 0) is 88.3 Å². The van der Waals surface area contributed by atoms with E-state index in [1.807, 2.05) is 48.5 Å². The van der Waals surface area contributed by atoms with Gasteiger partial charge in [-0.1, -0.05) is 91.0 Å². The minimum absolute atomic E-state index is 0.329. The molecule has 0 aliphatic rings. The average Bonchev–Trinajstić information content (AvgIpc) is 3.67. The smallest absolute Gasteiger partial charge is 0.344 e. The standard InChI is InChI=1S/C43H25NO3/c45-43-33-13-5-4-12-31(33)32-22-20-27(25-40(32)47-43)30-16-9-19-39-42(30)35-24-26(21-23-38(35)46-39)29-15-8-18-37-41(29)34-14-6-7-17-36(34)44(37)28-10-2-1-3-11-28/h1-25H. The van der Waals surface area contributed by atoms with Crippen molar-refractivity contribution >= 4 is 65.5 Å². The number of aromatic nitrogens is 1. The SMILES string of the molecule is O=c1oc2cc(-c3cccc4oc5ccc(-c6cccc7c6c6ccccc6n7-c6ccccc6)cc5c34)ccc2c2ccccc12. The Kier molecular flexibility index (Phi) is 5.40. The number of furan rings is 1. The second-order valence-electron chi connectivity index (χ2n) is 12.0. The van der Waals surface area contributed by atoms with Gasteiger partial charge in [0.1, 0.15) is 16.7 Å². The molecule has 0 unspecified atom stereocenters. The molecule has 0 fully saturated rings. The van der Waals surface area contributed by atoms with Crippen LogP contribution in [-0.4, -0.2) is 4.57 Å². The van der Waals surface area contributed by atoms with E-state index in [1.54, 1.807) is 0 Å². The molecule has 10 aromatic rings. The molecular formula is C43H25NO3. The minimum Gasteiger partial charge on any atom is -0.456 e. The van der Waals surface area contributed by atoms with Crippen molar-refractivity contribution in [3.8, 4) is 27.9 Å². The zero-order chi connectivity index (χ0) is 31.1. The van der Waals surface area contributed by atoms with E-state index < -0.39 is 0 Å². The summed E-state index contributed by atoms with van der Waals surface area (Å²) in [4.78, 5) is 12.8. The van der Waals surface area contributed by atoms with Crippen molar-refractivity contribution in [2.24, 2.45) is 0 Å². The molecule has 0 N–H and O–H groups in total. The Morgan fingerprint density at radius 2 is 1.09 bits per heavy atom. The van der Waals surface area contributed by atoms with Gasteiger partial charge in [-0.15, -0.1) is 0 Å². The van der Waals surface area contributed by atoms with Crippen molar-refractivity contribution in [3.05, 3.63) is 162 Å². The first-order chi connectivity index (χ1) is 23.2. The van der Waals surface area contributed by atoms with Crippen LogP contribution in [0.15, 0.2) is 165 Å². The Labute approximate surface area is 268 Å². The second-order valence-corrected chi connectivity index (χ2v) is 12.0. The van der Waals surface area contributed by atoms with E-state index in [4.69, 9.17) is 8.83 Å². The molecule has 0 aliphatic heterocycles. The topological polar surface area (TPSA) is 48.3 Å². The van der Waals surface area contributed by atoms with Crippen molar-refractivity contribution in [2.75, 3.05) is 0 Å². The molecule has 0 saturated heterocycles. The lowest BCUT2D eigenvalue weighted by Gasteiger charge is -2.09. The van der Waals surface area contributed by atoms with E-state index in [9.17, 15) is 4.79 Å². The quantitative estimate of drug-likeness (QED) is 0.149. The van der Waals surface area contributed by atoms with Crippen LogP contribution in [-0.2, 0) is 0 Å². The van der Waals surface area contributed by atoms with Crippen molar-refractivity contribution in [3.63, 3.8) is 0 Å². The molecule has 0 radical (unpaired) electrons. The summed E-state index contributed by atoms with van der Waals surface area (Å²) in [5, 5.41) is 6.90. The van der Waals surface area contributed by atoms with Crippen molar-refractivity contribution in [1.82, 2.24) is 4.57 Å². The van der Waals surface area contributed by atoms with Crippen LogP contribution in [0.25, 0.3) is 93.4 Å². The predicted octanol–water partition coefficient (Wildman–Crippen LogP) is 11.3. The summed E-state index contributed by atoms with van der Waals surface area (Å²) in [5.74, 6) is 0. The molecule has 0 amide bonds. The highest BCUT2D eigenvalue weighted by Crippen LogP contribution is 2.42. The van der Waals surface area contributed by atoms with Crippen LogP contribution in [0.4, 0.5) is 0 Å². The van der Waals surface area contributed by atoms with Crippen LogP contribution in [0, 0.1) is 0 Å². The number of benzene rings is 7. The van der Waals surface area contributed by atoms with Crippen LogP contribution in [0.3, 0.4) is 0 Å². The monoisotopic (exact) mass is 603 g/mol. The largest absolute Gasteiger partial charge is 0.456 e. The van der Waals surface area contributed by atoms with Gasteiger partial charge in [0, 0.05) is 32.6 Å². The van der Waals surface area contributed by atoms with E-state index >= 15 is 0 Å². The number of para-hydroxylation sites is 2. The van der Waals surface area contributed by atoms with E-state index in [2.05, 4.69) is 108 Å². The molecule has 4 heteroatoms. The van der Waals surface area contributed by atoms with Gasteiger partial charge in [0.2, 0.25) is 0 Å². The maximum absolute atomic E-state index is 12.8. The molecule has 0 aliphatic carbocycles. The Bertz CT molecular complexity index is 2930. The lowest BCUT2D eigenvalue weighted by molar-refractivity contribution is 0.570. The summed E-state index contributed by atoms with van der Waals surface area (Å²) >= 11 is 0. The Hall–Kier alpha value is -6.39. The summed E-state index contributed by atoms with van der Waals surface area (Å²) in [6, 6.07) is 52.1. The first kappa shape index (κ1) is 25.9. The molecule has 10 rings (SSSR count).